The highest BCUT2D eigenvalue weighted by atomic mass is 32.1. The fraction of sp³-hybridized carbons (Fsp3) is 0.700. The van der Waals surface area contributed by atoms with Crippen molar-refractivity contribution >= 4 is 29.0 Å². The summed E-state index contributed by atoms with van der Waals surface area (Å²) in [6.45, 7) is 2.06. The van der Waals surface area contributed by atoms with E-state index in [0.717, 1.165) is 25.7 Å². The maximum atomic E-state index is 11.5. The standard InChI is InChI=1S/C10H17N3O2S/c1-2-10(4-3-5-10)13-9(15)8(14)12-6-7(11)16/h2-6H2,1H3,(H2,11,16)(H,12,14)(H,13,15). The predicted octanol–water partition coefficient (Wildman–Crippen LogP) is -0.162. The second-order valence-corrected chi connectivity index (χ2v) is 4.61. The number of amides is 2. The Bertz CT molecular complexity index is 308. The van der Waals surface area contributed by atoms with Crippen molar-refractivity contribution in [3.8, 4) is 0 Å². The molecule has 0 spiro atoms. The molecule has 0 aromatic heterocycles. The molecule has 4 N–H and O–H groups in total. The number of rotatable bonds is 4. The van der Waals surface area contributed by atoms with Crippen molar-refractivity contribution in [2.45, 2.75) is 38.1 Å². The summed E-state index contributed by atoms with van der Waals surface area (Å²) in [5, 5.41) is 5.13. The predicted molar refractivity (Wildman–Crippen MR) is 64.8 cm³/mol. The molecule has 0 unspecified atom stereocenters. The Balaban J connectivity index is 2.39. The van der Waals surface area contributed by atoms with Crippen LogP contribution in [-0.4, -0.2) is 28.9 Å². The Hall–Kier alpha value is -1.17. The van der Waals surface area contributed by atoms with Crippen molar-refractivity contribution in [2.24, 2.45) is 5.73 Å². The Labute approximate surface area is 100 Å². The summed E-state index contributed by atoms with van der Waals surface area (Å²) in [7, 11) is 0. The van der Waals surface area contributed by atoms with Gasteiger partial charge in [-0.25, -0.2) is 0 Å². The van der Waals surface area contributed by atoms with Crippen molar-refractivity contribution in [2.75, 3.05) is 6.54 Å². The zero-order valence-electron chi connectivity index (χ0n) is 9.34. The van der Waals surface area contributed by atoms with E-state index in [1.165, 1.54) is 0 Å². The third kappa shape index (κ3) is 3.16. The van der Waals surface area contributed by atoms with Gasteiger partial charge in [0.05, 0.1) is 11.5 Å². The molecule has 1 aliphatic carbocycles. The van der Waals surface area contributed by atoms with Crippen LogP contribution in [0.5, 0.6) is 0 Å². The van der Waals surface area contributed by atoms with Crippen LogP contribution in [0.1, 0.15) is 32.6 Å². The van der Waals surface area contributed by atoms with Gasteiger partial charge in [0.1, 0.15) is 0 Å². The molecule has 0 saturated heterocycles. The second-order valence-electron chi connectivity index (χ2n) is 4.09. The van der Waals surface area contributed by atoms with Crippen LogP contribution >= 0.6 is 12.2 Å². The number of nitrogens with two attached hydrogens (primary N) is 1. The molecule has 16 heavy (non-hydrogen) atoms. The highest BCUT2D eigenvalue weighted by Crippen LogP contribution is 2.34. The highest BCUT2D eigenvalue weighted by molar-refractivity contribution is 7.80. The van der Waals surface area contributed by atoms with Crippen LogP contribution in [0.4, 0.5) is 0 Å². The quantitative estimate of drug-likeness (QED) is 0.473. The van der Waals surface area contributed by atoms with Gasteiger partial charge in [0.25, 0.3) is 0 Å². The van der Waals surface area contributed by atoms with Crippen molar-refractivity contribution in [1.82, 2.24) is 10.6 Å². The minimum atomic E-state index is -0.674. The van der Waals surface area contributed by atoms with Gasteiger partial charge < -0.3 is 16.4 Å². The van der Waals surface area contributed by atoms with E-state index in [9.17, 15) is 9.59 Å². The number of hydrogen-bond acceptors (Lipinski definition) is 3. The van der Waals surface area contributed by atoms with E-state index in [-0.39, 0.29) is 17.1 Å². The Morgan fingerprint density at radius 3 is 2.38 bits per heavy atom. The SMILES string of the molecule is CCC1(NC(=O)C(=O)NCC(N)=S)CCC1. The lowest BCUT2D eigenvalue weighted by atomic mass is 9.75. The zero-order valence-corrected chi connectivity index (χ0v) is 10.2. The summed E-state index contributed by atoms with van der Waals surface area (Å²) in [5.41, 5.74) is 5.05. The number of carbonyl (C=O) groups is 2. The van der Waals surface area contributed by atoms with Crippen LogP contribution in [-0.2, 0) is 9.59 Å². The Morgan fingerprint density at radius 1 is 1.38 bits per heavy atom. The lowest BCUT2D eigenvalue weighted by Gasteiger charge is -2.41. The third-order valence-electron chi connectivity index (χ3n) is 3.00. The molecule has 90 valence electrons. The molecule has 0 aromatic rings. The summed E-state index contributed by atoms with van der Waals surface area (Å²) >= 11 is 4.60. The fourth-order valence-corrected chi connectivity index (χ4v) is 1.79. The van der Waals surface area contributed by atoms with Crippen molar-refractivity contribution in [3.63, 3.8) is 0 Å². The monoisotopic (exact) mass is 243 g/mol. The van der Waals surface area contributed by atoms with Gasteiger partial charge in [-0.1, -0.05) is 19.1 Å². The largest absolute Gasteiger partial charge is 0.392 e. The van der Waals surface area contributed by atoms with Crippen LogP contribution in [0.2, 0.25) is 0 Å². The van der Waals surface area contributed by atoms with Crippen molar-refractivity contribution in [1.29, 1.82) is 0 Å². The van der Waals surface area contributed by atoms with E-state index < -0.39 is 11.8 Å². The van der Waals surface area contributed by atoms with E-state index in [2.05, 4.69) is 22.9 Å². The highest BCUT2D eigenvalue weighted by Gasteiger charge is 2.37. The number of thiocarbonyl (C=S) groups is 1. The molecule has 2 amide bonds. The molecule has 1 saturated carbocycles. The smallest absolute Gasteiger partial charge is 0.309 e. The Kier molecular flexibility index (Phi) is 4.23. The maximum absolute atomic E-state index is 11.5. The first-order valence-electron chi connectivity index (χ1n) is 5.38. The first-order chi connectivity index (χ1) is 7.49. The summed E-state index contributed by atoms with van der Waals surface area (Å²) in [5.74, 6) is -1.27. The first-order valence-corrected chi connectivity index (χ1v) is 5.78. The summed E-state index contributed by atoms with van der Waals surface area (Å²) in [6, 6.07) is 0. The van der Waals surface area contributed by atoms with E-state index in [4.69, 9.17) is 5.73 Å². The van der Waals surface area contributed by atoms with E-state index in [0.29, 0.717) is 0 Å². The summed E-state index contributed by atoms with van der Waals surface area (Å²) in [4.78, 5) is 23.0. The van der Waals surface area contributed by atoms with Crippen LogP contribution in [0, 0.1) is 0 Å². The van der Waals surface area contributed by atoms with Gasteiger partial charge in [0.15, 0.2) is 0 Å². The molecule has 0 radical (unpaired) electrons. The molecule has 1 rings (SSSR count). The fourth-order valence-electron chi connectivity index (χ4n) is 1.72. The lowest BCUT2D eigenvalue weighted by molar-refractivity contribution is -0.141. The minimum Gasteiger partial charge on any atom is -0.392 e. The van der Waals surface area contributed by atoms with Crippen LogP contribution in [0.3, 0.4) is 0 Å². The van der Waals surface area contributed by atoms with Gasteiger partial charge >= 0.3 is 11.8 Å². The van der Waals surface area contributed by atoms with Gasteiger partial charge in [-0.2, -0.15) is 0 Å². The van der Waals surface area contributed by atoms with Gasteiger partial charge in [0.2, 0.25) is 0 Å². The second kappa shape index (κ2) is 5.25. The first kappa shape index (κ1) is 12.9. The van der Waals surface area contributed by atoms with Crippen LogP contribution < -0.4 is 16.4 Å². The van der Waals surface area contributed by atoms with Gasteiger partial charge in [-0.05, 0) is 25.7 Å². The van der Waals surface area contributed by atoms with Gasteiger partial charge in [-0.15, -0.1) is 0 Å². The molecule has 1 fully saturated rings. The normalized spacial score (nSPS) is 17.1. The third-order valence-corrected chi connectivity index (χ3v) is 3.14. The molecule has 0 bridgehead atoms. The summed E-state index contributed by atoms with van der Waals surface area (Å²) < 4.78 is 0. The van der Waals surface area contributed by atoms with Crippen molar-refractivity contribution < 1.29 is 9.59 Å². The Morgan fingerprint density at radius 2 is 2.00 bits per heavy atom. The van der Waals surface area contributed by atoms with E-state index >= 15 is 0 Å². The average molecular weight is 243 g/mol. The molecule has 1 aliphatic rings. The molecular weight excluding hydrogens is 226 g/mol. The number of hydrogen-bond donors (Lipinski definition) is 3. The minimum absolute atomic E-state index is 0.0563. The van der Waals surface area contributed by atoms with E-state index in [1.54, 1.807) is 0 Å². The molecular formula is C10H17N3O2S. The molecule has 0 aliphatic heterocycles. The van der Waals surface area contributed by atoms with Crippen LogP contribution in [0.25, 0.3) is 0 Å². The number of nitrogens with one attached hydrogen (secondary N) is 2. The molecule has 5 nitrogen and oxygen atoms in total. The average Bonchev–Trinajstić information content (AvgIpc) is 2.19. The summed E-state index contributed by atoms with van der Waals surface area (Å²) in [6.07, 6.45) is 3.83. The molecule has 6 heteroatoms. The molecule has 0 atom stereocenters. The molecule has 0 heterocycles. The molecule has 0 aromatic carbocycles. The number of carbonyl (C=O) groups excluding carboxylic acids is 2. The van der Waals surface area contributed by atoms with Crippen molar-refractivity contribution in [3.05, 3.63) is 0 Å². The lowest BCUT2D eigenvalue weighted by Crippen LogP contribution is -2.56. The van der Waals surface area contributed by atoms with E-state index in [1.807, 2.05) is 6.92 Å². The topological polar surface area (TPSA) is 84.2 Å². The van der Waals surface area contributed by atoms with Gasteiger partial charge in [0, 0.05) is 5.54 Å². The van der Waals surface area contributed by atoms with Gasteiger partial charge in [-0.3, -0.25) is 9.59 Å². The zero-order chi connectivity index (χ0) is 12.2. The maximum Gasteiger partial charge on any atom is 0.309 e. The van der Waals surface area contributed by atoms with Crippen LogP contribution in [0.15, 0.2) is 0 Å².